The highest BCUT2D eigenvalue weighted by atomic mass is 32.2. The predicted molar refractivity (Wildman–Crippen MR) is 208 cm³/mol. The predicted octanol–water partition coefficient (Wildman–Crippen LogP) is 9.84. The van der Waals surface area contributed by atoms with Gasteiger partial charge in [0.1, 0.15) is 31.1 Å². The van der Waals surface area contributed by atoms with Gasteiger partial charge in [0.2, 0.25) is 0 Å². The summed E-state index contributed by atoms with van der Waals surface area (Å²) in [5.74, 6) is -1.32. The lowest BCUT2D eigenvalue weighted by atomic mass is 10.2. The zero-order valence-corrected chi connectivity index (χ0v) is 33.8. The van der Waals surface area contributed by atoms with Gasteiger partial charge in [0.05, 0.1) is 45.4 Å². The molecule has 49 heavy (non-hydrogen) atoms. The quantitative estimate of drug-likeness (QED) is 0.183. The maximum absolute atomic E-state index is 12.6. The van der Waals surface area contributed by atoms with Crippen LogP contribution in [0, 0.1) is 0 Å². The Hall–Kier alpha value is -2.12. The van der Waals surface area contributed by atoms with Crippen LogP contribution < -0.4 is 0 Å². The molecule has 0 saturated carbocycles. The van der Waals surface area contributed by atoms with E-state index in [1.807, 2.05) is 24.3 Å². The zero-order chi connectivity index (χ0) is 35.6. The lowest BCUT2D eigenvalue weighted by Gasteiger charge is -2.08. The fourth-order valence-corrected chi connectivity index (χ4v) is 13.9. The highest BCUT2D eigenvalue weighted by Crippen LogP contribution is 2.57. The number of allylic oxidation sites excluding steroid dienone is 8. The first-order chi connectivity index (χ1) is 23.4. The molecule has 0 N–H and O–H groups in total. The number of esters is 4. The number of carbonyl (C=O) groups is 4. The van der Waals surface area contributed by atoms with Crippen LogP contribution in [-0.2, 0) is 38.1 Å². The Morgan fingerprint density at radius 2 is 0.755 bits per heavy atom. The molecule has 0 aromatic carbocycles. The summed E-state index contributed by atoms with van der Waals surface area (Å²) in [6, 6.07) is 3.78. The summed E-state index contributed by atoms with van der Waals surface area (Å²) in [6.07, 6.45) is 3.83. The second-order valence-corrected chi connectivity index (χ2v) is 20.0. The summed E-state index contributed by atoms with van der Waals surface area (Å²) < 4.78 is 29.7. The highest BCUT2D eigenvalue weighted by molar-refractivity contribution is 8.30. The monoisotopic (exact) mass is 812 g/mol. The van der Waals surface area contributed by atoms with Crippen LogP contribution in [0.1, 0.15) is 39.2 Å². The van der Waals surface area contributed by atoms with Crippen molar-refractivity contribution in [1.29, 1.82) is 0 Å². The Kier molecular flexibility index (Phi) is 12.8. The molecule has 4 aliphatic rings. The van der Waals surface area contributed by atoms with Gasteiger partial charge in [0.15, 0.2) is 0 Å². The third-order valence-electron chi connectivity index (χ3n) is 6.78. The maximum atomic E-state index is 12.6. The molecule has 1 aromatic rings. The summed E-state index contributed by atoms with van der Waals surface area (Å²) in [4.78, 5) is 55.5. The lowest BCUT2D eigenvalue weighted by Crippen LogP contribution is -2.08. The number of carbonyl (C=O) groups excluding carboxylic acids is 4. The van der Waals surface area contributed by atoms with Crippen LogP contribution in [0.25, 0.3) is 11.1 Å². The first kappa shape index (κ1) is 38.1. The molecular weight excluding hydrogens is 785 g/mol. The van der Waals surface area contributed by atoms with Crippen molar-refractivity contribution < 1.29 is 42.5 Å². The molecule has 258 valence electrons. The minimum atomic E-state index is -0.619. The molecule has 1 aromatic heterocycles. The van der Waals surface area contributed by atoms with Crippen molar-refractivity contribution in [2.24, 2.45) is 0 Å². The van der Waals surface area contributed by atoms with Crippen LogP contribution in [0.4, 0.5) is 0 Å². The fourth-order valence-electron chi connectivity index (χ4n) is 4.09. The van der Waals surface area contributed by atoms with E-state index in [9.17, 15) is 19.2 Å². The fraction of sp³-hybridized carbons (Fsp3) is 0.250. The van der Waals surface area contributed by atoms with Crippen LogP contribution in [-0.4, -0.2) is 52.3 Å². The van der Waals surface area contributed by atoms with Crippen molar-refractivity contribution in [1.82, 2.24) is 0 Å². The summed E-state index contributed by atoms with van der Waals surface area (Å²) in [5.41, 5.74) is 1.56. The Morgan fingerprint density at radius 1 is 0.490 bits per heavy atom. The van der Waals surface area contributed by atoms with E-state index in [2.05, 4.69) is 27.7 Å². The molecule has 0 spiro atoms. The smallest absolute Gasteiger partial charge is 0.346 e. The van der Waals surface area contributed by atoms with Gasteiger partial charge in [-0.1, -0.05) is 94.1 Å². The molecule has 0 fully saturated rings. The highest BCUT2D eigenvalue weighted by Gasteiger charge is 2.35. The number of furan rings is 1. The van der Waals surface area contributed by atoms with Gasteiger partial charge in [-0.05, 0) is 71.6 Å². The Morgan fingerprint density at radius 3 is 1.00 bits per heavy atom. The standard InChI is InChI=1S/C32H28O9S8/c1-13-14(2)43-31(42-13)17(11-21-46-23(27(33)37-5)24(47-21)28(34)38-6)19-9-10-20(41-19)18(32-44-15(3)16(4)45-32)12-22-48-25(29(35)39-7)26(49-22)30(36)40-8/h9-12H,1-8H3. The van der Waals surface area contributed by atoms with Gasteiger partial charge in [0, 0.05) is 11.1 Å². The number of thioether (sulfide) groups is 8. The first-order valence-electron chi connectivity index (χ1n) is 14.0. The number of hydrogen-bond acceptors (Lipinski definition) is 17. The van der Waals surface area contributed by atoms with Crippen molar-refractivity contribution in [3.8, 4) is 0 Å². The van der Waals surface area contributed by atoms with E-state index in [0.29, 0.717) is 20.0 Å². The SMILES string of the molecule is COC(=O)C1=C(C(=O)OC)SC(=CC(=C2SC(C)=C(C)S2)c2ccc(C(C=C3SC(C(=O)OC)=C(C(=O)OC)S3)=C3SC(C)=C(C)S3)o2)S1. The summed E-state index contributed by atoms with van der Waals surface area (Å²) in [6.45, 7) is 8.23. The molecule has 0 aliphatic carbocycles. The van der Waals surface area contributed by atoms with Crippen LogP contribution in [0.2, 0.25) is 0 Å². The topological polar surface area (TPSA) is 118 Å². The van der Waals surface area contributed by atoms with E-state index in [1.54, 1.807) is 47.0 Å². The van der Waals surface area contributed by atoms with Gasteiger partial charge >= 0.3 is 23.9 Å². The number of hydrogen-bond donors (Lipinski definition) is 0. The third-order valence-corrected chi connectivity index (χ3v) is 16.9. The molecule has 5 rings (SSSR count). The van der Waals surface area contributed by atoms with Gasteiger partial charge in [-0.15, -0.1) is 0 Å². The Bertz CT molecular complexity index is 1690. The molecule has 4 aliphatic heterocycles. The summed E-state index contributed by atoms with van der Waals surface area (Å²) in [7, 11) is 5.07. The van der Waals surface area contributed by atoms with Gasteiger partial charge in [-0.3, -0.25) is 0 Å². The van der Waals surface area contributed by atoms with Gasteiger partial charge < -0.3 is 23.4 Å². The summed E-state index contributed by atoms with van der Waals surface area (Å²) >= 11 is 11.1. The van der Waals surface area contributed by atoms with Crippen LogP contribution >= 0.6 is 94.1 Å². The first-order valence-corrected chi connectivity index (χ1v) is 20.5. The molecule has 0 radical (unpaired) electrons. The van der Waals surface area contributed by atoms with E-state index in [4.69, 9.17) is 23.4 Å². The second-order valence-electron chi connectivity index (χ2n) is 9.82. The molecule has 9 nitrogen and oxygen atoms in total. The van der Waals surface area contributed by atoms with Crippen LogP contribution in [0.3, 0.4) is 0 Å². The molecule has 0 atom stereocenters. The molecule has 0 bridgehead atoms. The number of ether oxygens (including phenoxy) is 4. The Labute approximate surface area is 317 Å². The maximum Gasteiger partial charge on any atom is 0.346 e. The van der Waals surface area contributed by atoms with Crippen LogP contribution in [0.15, 0.2) is 84.9 Å². The molecule has 0 amide bonds. The van der Waals surface area contributed by atoms with Crippen LogP contribution in [0.5, 0.6) is 0 Å². The normalized spacial score (nSPS) is 17.8. The van der Waals surface area contributed by atoms with Crippen molar-refractivity contribution in [2.75, 3.05) is 28.4 Å². The van der Waals surface area contributed by atoms with Crippen molar-refractivity contribution in [3.63, 3.8) is 0 Å². The minimum Gasteiger partial charge on any atom is -0.465 e. The van der Waals surface area contributed by atoms with E-state index < -0.39 is 23.9 Å². The zero-order valence-electron chi connectivity index (χ0n) is 27.2. The van der Waals surface area contributed by atoms with Crippen molar-refractivity contribution >= 4 is 129 Å². The van der Waals surface area contributed by atoms with Crippen molar-refractivity contribution in [3.05, 3.63) is 92.0 Å². The molecule has 17 heteroatoms. The number of methoxy groups -OCH3 is 4. The van der Waals surface area contributed by atoms with Gasteiger partial charge in [-0.2, -0.15) is 0 Å². The Balaban J connectivity index is 1.57. The molecule has 0 saturated heterocycles. The van der Waals surface area contributed by atoms with Gasteiger partial charge in [0.25, 0.3) is 0 Å². The molecular formula is C32H28O9S8. The van der Waals surface area contributed by atoms with E-state index in [-0.39, 0.29) is 19.6 Å². The van der Waals surface area contributed by atoms with E-state index in [1.165, 1.54) is 28.4 Å². The minimum absolute atomic E-state index is 0.164. The lowest BCUT2D eigenvalue weighted by molar-refractivity contribution is -0.138. The average molecular weight is 813 g/mol. The average Bonchev–Trinajstić information content (AvgIpc) is 3.93. The summed E-state index contributed by atoms with van der Waals surface area (Å²) in [5, 5.41) is 0. The second kappa shape index (κ2) is 16.5. The van der Waals surface area contributed by atoms with Crippen molar-refractivity contribution in [2.45, 2.75) is 27.7 Å². The molecule has 5 heterocycles. The van der Waals surface area contributed by atoms with Gasteiger partial charge in [-0.25, -0.2) is 19.2 Å². The largest absolute Gasteiger partial charge is 0.465 e. The van der Waals surface area contributed by atoms with E-state index in [0.717, 1.165) is 86.3 Å². The van der Waals surface area contributed by atoms with E-state index >= 15 is 0 Å². The number of rotatable bonds is 8. The third kappa shape index (κ3) is 8.35. The molecule has 0 unspecified atom stereocenters.